The summed E-state index contributed by atoms with van der Waals surface area (Å²) in [6.45, 7) is 3.26. The van der Waals surface area contributed by atoms with E-state index in [1.165, 1.54) is 0 Å². The molecular weight excluding hydrogens is 230 g/mol. The number of carboxylic acids is 1. The van der Waals surface area contributed by atoms with Gasteiger partial charge in [-0.2, -0.15) is 12.6 Å². The van der Waals surface area contributed by atoms with E-state index in [2.05, 4.69) is 12.6 Å². The second kappa shape index (κ2) is 4.45. The average molecular weight is 245 g/mol. The number of ketones is 1. The van der Waals surface area contributed by atoms with Crippen LogP contribution in [0.25, 0.3) is 0 Å². The molecule has 0 radical (unpaired) electrons. The van der Waals surface area contributed by atoms with Gasteiger partial charge in [0.05, 0.1) is 12.0 Å². The van der Waals surface area contributed by atoms with Crippen molar-refractivity contribution in [1.82, 2.24) is 4.90 Å². The van der Waals surface area contributed by atoms with E-state index in [9.17, 15) is 14.4 Å². The van der Waals surface area contributed by atoms with Crippen LogP contribution in [0.4, 0.5) is 0 Å². The third-order valence-electron chi connectivity index (χ3n) is 2.66. The van der Waals surface area contributed by atoms with Gasteiger partial charge in [0.15, 0.2) is 5.78 Å². The fraction of sp³-hybridized carbons (Fsp3) is 0.700. The Bertz CT molecular complexity index is 340. The number of thiol groups is 1. The fourth-order valence-electron chi connectivity index (χ4n) is 1.58. The summed E-state index contributed by atoms with van der Waals surface area (Å²) in [7, 11) is 0. The largest absolute Gasteiger partial charge is 0.480 e. The molecule has 0 aliphatic carbocycles. The molecule has 0 bridgehead atoms. The molecule has 5 nitrogen and oxygen atoms in total. The van der Waals surface area contributed by atoms with Gasteiger partial charge in [0.2, 0.25) is 5.91 Å². The number of carbonyl (C=O) groups excluding carboxylic acids is 2. The smallest absolute Gasteiger partial charge is 0.326 e. The lowest BCUT2D eigenvalue weighted by molar-refractivity contribution is -0.151. The molecule has 1 amide bonds. The van der Waals surface area contributed by atoms with Gasteiger partial charge in [-0.15, -0.1) is 0 Å². The molecule has 1 rings (SSSR count). The average Bonchev–Trinajstić information content (AvgIpc) is 2.59. The summed E-state index contributed by atoms with van der Waals surface area (Å²) in [6, 6.07) is -1.01. The van der Waals surface area contributed by atoms with E-state index in [-0.39, 0.29) is 24.7 Å². The summed E-state index contributed by atoms with van der Waals surface area (Å²) in [5, 5.41) is 8.92. The van der Waals surface area contributed by atoms with Crippen LogP contribution in [0.5, 0.6) is 0 Å². The van der Waals surface area contributed by atoms with Gasteiger partial charge in [-0.1, -0.05) is 13.8 Å². The highest BCUT2D eigenvalue weighted by Crippen LogP contribution is 2.25. The van der Waals surface area contributed by atoms with Crippen molar-refractivity contribution in [3.63, 3.8) is 0 Å². The molecule has 1 aliphatic rings. The van der Waals surface area contributed by atoms with Crippen molar-refractivity contribution in [1.29, 1.82) is 0 Å². The number of aliphatic carboxylic acids is 1. The topological polar surface area (TPSA) is 74.7 Å². The number of hydrogen-bond donors (Lipinski definition) is 2. The summed E-state index contributed by atoms with van der Waals surface area (Å²) in [5.41, 5.74) is -0.749. The summed E-state index contributed by atoms with van der Waals surface area (Å²) < 4.78 is 0. The van der Waals surface area contributed by atoms with Crippen LogP contribution in [0.15, 0.2) is 0 Å². The number of amides is 1. The zero-order chi connectivity index (χ0) is 12.5. The number of nitrogens with zero attached hydrogens (tertiary/aromatic N) is 1. The van der Waals surface area contributed by atoms with Gasteiger partial charge in [0.25, 0.3) is 0 Å². The molecule has 0 saturated carbocycles. The SMILES string of the molecule is CC(C)(CS)C(=O)N1CC(=O)C[C@H]1C(=O)O. The number of carboxylic acid groups (broad SMARTS) is 1. The monoisotopic (exact) mass is 245 g/mol. The van der Waals surface area contributed by atoms with E-state index in [1.807, 2.05) is 0 Å². The van der Waals surface area contributed by atoms with Crippen molar-refractivity contribution in [3.05, 3.63) is 0 Å². The zero-order valence-corrected chi connectivity index (χ0v) is 10.2. The maximum absolute atomic E-state index is 12.0. The molecule has 90 valence electrons. The molecule has 1 fully saturated rings. The summed E-state index contributed by atoms with van der Waals surface area (Å²) in [4.78, 5) is 35.3. The second-order valence-electron chi connectivity index (χ2n) is 4.57. The maximum Gasteiger partial charge on any atom is 0.326 e. The zero-order valence-electron chi connectivity index (χ0n) is 9.27. The molecule has 0 aromatic rings. The van der Waals surface area contributed by atoms with Crippen LogP contribution < -0.4 is 0 Å². The molecule has 1 saturated heterocycles. The number of hydrogen-bond acceptors (Lipinski definition) is 4. The maximum atomic E-state index is 12.0. The van der Waals surface area contributed by atoms with Crippen LogP contribution in [0, 0.1) is 5.41 Å². The number of Topliss-reactive ketones (excluding diaryl/α,β-unsaturated/α-hetero) is 1. The van der Waals surface area contributed by atoms with Crippen molar-refractivity contribution < 1.29 is 19.5 Å². The van der Waals surface area contributed by atoms with Crippen LogP contribution in [-0.2, 0) is 14.4 Å². The first-order valence-corrected chi connectivity index (χ1v) is 5.59. The van der Waals surface area contributed by atoms with E-state index in [0.717, 1.165) is 4.90 Å². The first kappa shape index (κ1) is 13.0. The number of likely N-dealkylation sites (tertiary alicyclic amines) is 1. The third kappa shape index (κ3) is 2.37. The highest BCUT2D eigenvalue weighted by molar-refractivity contribution is 7.80. The molecule has 1 atom stereocenters. The fourth-order valence-corrected chi connectivity index (χ4v) is 1.72. The molecule has 0 unspecified atom stereocenters. The summed E-state index contributed by atoms with van der Waals surface area (Å²) >= 11 is 4.06. The van der Waals surface area contributed by atoms with Gasteiger partial charge in [-0.3, -0.25) is 9.59 Å². The predicted molar refractivity (Wildman–Crippen MR) is 60.4 cm³/mol. The molecule has 1 N–H and O–H groups in total. The molecule has 16 heavy (non-hydrogen) atoms. The predicted octanol–water partition coefficient (Wildman–Crippen LogP) is 0.197. The quantitative estimate of drug-likeness (QED) is 0.696. The van der Waals surface area contributed by atoms with Crippen molar-refractivity contribution in [2.24, 2.45) is 5.41 Å². The van der Waals surface area contributed by atoms with Gasteiger partial charge in [0, 0.05) is 12.2 Å². The highest BCUT2D eigenvalue weighted by Gasteiger charge is 2.43. The van der Waals surface area contributed by atoms with E-state index in [1.54, 1.807) is 13.8 Å². The Hall–Kier alpha value is -1.04. The molecule has 0 aromatic carbocycles. The molecule has 0 aromatic heterocycles. The van der Waals surface area contributed by atoms with Gasteiger partial charge in [-0.05, 0) is 0 Å². The molecule has 0 spiro atoms. The lowest BCUT2D eigenvalue weighted by atomic mass is 9.94. The Labute approximate surface area is 99.2 Å². The second-order valence-corrected chi connectivity index (χ2v) is 4.89. The molecule has 1 aliphatic heterocycles. The lowest BCUT2D eigenvalue weighted by Gasteiger charge is -2.29. The van der Waals surface area contributed by atoms with Crippen LogP contribution in [-0.4, -0.2) is 46.0 Å². The minimum atomic E-state index is -1.13. The highest BCUT2D eigenvalue weighted by atomic mass is 32.1. The Morgan fingerprint density at radius 3 is 2.56 bits per heavy atom. The van der Waals surface area contributed by atoms with Gasteiger partial charge < -0.3 is 10.0 Å². The van der Waals surface area contributed by atoms with Crippen molar-refractivity contribution in [3.8, 4) is 0 Å². The van der Waals surface area contributed by atoms with E-state index in [0.29, 0.717) is 5.75 Å². The third-order valence-corrected chi connectivity index (χ3v) is 3.45. The Kier molecular flexibility index (Phi) is 3.62. The normalized spacial score (nSPS) is 21.3. The molecule has 6 heteroatoms. The lowest BCUT2D eigenvalue weighted by Crippen LogP contribution is -2.47. The Morgan fingerprint density at radius 2 is 2.12 bits per heavy atom. The van der Waals surface area contributed by atoms with Crippen LogP contribution in [0.2, 0.25) is 0 Å². The van der Waals surface area contributed by atoms with Gasteiger partial charge in [0.1, 0.15) is 6.04 Å². The first-order chi connectivity index (χ1) is 7.29. The minimum Gasteiger partial charge on any atom is -0.480 e. The van der Waals surface area contributed by atoms with Crippen molar-refractivity contribution >= 4 is 30.3 Å². The minimum absolute atomic E-state index is 0.0935. The van der Waals surface area contributed by atoms with Crippen molar-refractivity contribution in [2.45, 2.75) is 26.3 Å². The van der Waals surface area contributed by atoms with Gasteiger partial charge >= 0.3 is 5.97 Å². The van der Waals surface area contributed by atoms with E-state index < -0.39 is 17.4 Å². The van der Waals surface area contributed by atoms with Crippen LogP contribution in [0.1, 0.15) is 20.3 Å². The van der Waals surface area contributed by atoms with Gasteiger partial charge in [-0.25, -0.2) is 4.79 Å². The van der Waals surface area contributed by atoms with Crippen molar-refractivity contribution in [2.75, 3.05) is 12.3 Å². The van der Waals surface area contributed by atoms with E-state index in [4.69, 9.17) is 5.11 Å². The molecular formula is C10H15NO4S. The Morgan fingerprint density at radius 1 is 1.56 bits per heavy atom. The standard InChI is InChI=1S/C10H15NO4S/c1-10(2,5-16)9(15)11-4-6(12)3-7(11)8(13)14/h7,16H,3-5H2,1-2H3,(H,13,14)/t7-/m0/s1. The molecule has 1 heterocycles. The van der Waals surface area contributed by atoms with Crippen LogP contribution >= 0.6 is 12.6 Å². The van der Waals surface area contributed by atoms with E-state index >= 15 is 0 Å². The number of carbonyl (C=O) groups is 3. The number of rotatable bonds is 3. The van der Waals surface area contributed by atoms with Crippen LogP contribution in [0.3, 0.4) is 0 Å². The first-order valence-electron chi connectivity index (χ1n) is 4.96. The Balaban J connectivity index is 2.91. The summed E-state index contributed by atoms with van der Waals surface area (Å²) in [6.07, 6.45) is -0.0935. The summed E-state index contributed by atoms with van der Waals surface area (Å²) in [5.74, 6) is -1.37.